The van der Waals surface area contributed by atoms with Crippen LogP contribution in [0.4, 0.5) is 11.5 Å². The maximum Gasteiger partial charge on any atom is 0.177 e. The number of aromatic nitrogens is 4. The molecule has 0 amide bonds. The Bertz CT molecular complexity index is 758. The molecule has 7 nitrogen and oxygen atoms in total. The molecule has 0 atom stereocenters. The zero-order chi connectivity index (χ0) is 13.9. The highest BCUT2D eigenvalue weighted by Crippen LogP contribution is 2.08. The Hall–Kier alpha value is -2.96. The molecule has 0 unspecified atom stereocenters. The quantitative estimate of drug-likeness (QED) is 0.426. The van der Waals surface area contributed by atoms with Crippen LogP contribution in [0.2, 0.25) is 0 Å². The van der Waals surface area contributed by atoms with Crippen LogP contribution >= 0.6 is 0 Å². The summed E-state index contributed by atoms with van der Waals surface area (Å²) >= 11 is 0. The maximum absolute atomic E-state index is 5.65. The van der Waals surface area contributed by atoms with Gasteiger partial charge in [-0.05, 0) is 36.8 Å². The normalized spacial score (nSPS) is 11.8. The fraction of sp³-hybridized carbons (Fsp3) is 0.0769. The van der Waals surface area contributed by atoms with Gasteiger partial charge in [-0.15, -0.1) is 15.3 Å². The van der Waals surface area contributed by atoms with Crippen LogP contribution in [0.25, 0.3) is 5.65 Å². The van der Waals surface area contributed by atoms with E-state index in [9.17, 15) is 0 Å². The maximum atomic E-state index is 5.65. The van der Waals surface area contributed by atoms with Crippen LogP contribution < -0.4 is 11.2 Å². The zero-order valence-electron chi connectivity index (χ0n) is 10.9. The van der Waals surface area contributed by atoms with Gasteiger partial charge in [-0.1, -0.05) is 12.1 Å². The van der Waals surface area contributed by atoms with Gasteiger partial charge in [0, 0.05) is 5.69 Å². The number of hydrogen-bond donors (Lipinski definition) is 2. The number of nitrogens with one attached hydrogen (secondary N) is 1. The summed E-state index contributed by atoms with van der Waals surface area (Å²) in [6.07, 6.45) is 1.54. The fourth-order valence-corrected chi connectivity index (χ4v) is 1.72. The molecule has 0 saturated heterocycles. The molecule has 7 heteroatoms. The van der Waals surface area contributed by atoms with Gasteiger partial charge in [0.15, 0.2) is 11.5 Å². The molecule has 0 spiro atoms. The van der Waals surface area contributed by atoms with Crippen LogP contribution in [0.5, 0.6) is 0 Å². The van der Waals surface area contributed by atoms with E-state index in [2.05, 4.69) is 25.8 Å². The first-order valence-electron chi connectivity index (χ1n) is 6.06. The van der Waals surface area contributed by atoms with Gasteiger partial charge in [0.25, 0.3) is 0 Å². The van der Waals surface area contributed by atoms with Gasteiger partial charge in [0.05, 0.1) is 5.71 Å². The summed E-state index contributed by atoms with van der Waals surface area (Å²) in [6, 6.07) is 11.1. The Balaban J connectivity index is 1.80. The lowest BCUT2D eigenvalue weighted by molar-refractivity contribution is 0.924. The van der Waals surface area contributed by atoms with Crippen molar-refractivity contribution in [2.24, 2.45) is 5.10 Å². The summed E-state index contributed by atoms with van der Waals surface area (Å²) < 4.78 is 1.58. The summed E-state index contributed by atoms with van der Waals surface area (Å²) in [4.78, 5) is 0. The second kappa shape index (κ2) is 4.96. The van der Waals surface area contributed by atoms with Crippen molar-refractivity contribution in [1.82, 2.24) is 19.8 Å². The summed E-state index contributed by atoms with van der Waals surface area (Å²) in [7, 11) is 0. The number of anilines is 2. The van der Waals surface area contributed by atoms with Gasteiger partial charge in [-0.2, -0.15) is 9.62 Å². The molecule has 100 valence electrons. The van der Waals surface area contributed by atoms with E-state index in [4.69, 9.17) is 5.73 Å². The number of hydrazone groups is 1. The first kappa shape index (κ1) is 12.1. The van der Waals surface area contributed by atoms with Crippen molar-refractivity contribution in [2.75, 3.05) is 11.2 Å². The van der Waals surface area contributed by atoms with E-state index in [1.165, 1.54) is 6.33 Å². The van der Waals surface area contributed by atoms with Gasteiger partial charge in [-0.25, -0.2) is 0 Å². The average Bonchev–Trinajstić information content (AvgIpc) is 2.93. The highest BCUT2D eigenvalue weighted by Gasteiger charge is 2.00. The largest absolute Gasteiger partial charge is 0.399 e. The molecule has 0 radical (unpaired) electrons. The fourth-order valence-electron chi connectivity index (χ4n) is 1.72. The first-order valence-corrected chi connectivity index (χ1v) is 6.06. The lowest BCUT2D eigenvalue weighted by Gasteiger charge is -2.03. The summed E-state index contributed by atoms with van der Waals surface area (Å²) in [5, 5.41) is 16.2. The van der Waals surface area contributed by atoms with E-state index in [-0.39, 0.29) is 0 Å². The number of hydrogen-bond acceptors (Lipinski definition) is 6. The van der Waals surface area contributed by atoms with Crippen LogP contribution in [-0.2, 0) is 0 Å². The molecule has 0 saturated carbocycles. The van der Waals surface area contributed by atoms with Crippen LogP contribution in [0.3, 0.4) is 0 Å². The average molecular weight is 267 g/mol. The summed E-state index contributed by atoms with van der Waals surface area (Å²) in [6.45, 7) is 1.91. The van der Waals surface area contributed by atoms with E-state index in [0.717, 1.165) is 17.0 Å². The Kier molecular flexibility index (Phi) is 3.00. The predicted octanol–water partition coefficient (Wildman–Crippen LogP) is 1.54. The number of benzene rings is 1. The monoisotopic (exact) mass is 267 g/mol. The smallest absolute Gasteiger partial charge is 0.177 e. The molecule has 1 aromatic carbocycles. The molecule has 0 aliphatic heterocycles. The van der Waals surface area contributed by atoms with Gasteiger partial charge in [0.1, 0.15) is 6.33 Å². The Morgan fingerprint density at radius 1 is 1.20 bits per heavy atom. The molecule has 0 bridgehead atoms. The van der Waals surface area contributed by atoms with Crippen molar-refractivity contribution in [1.29, 1.82) is 0 Å². The molecule has 3 N–H and O–H groups in total. The molecule has 0 aliphatic carbocycles. The molecule has 0 fully saturated rings. The zero-order valence-corrected chi connectivity index (χ0v) is 10.9. The third-order valence-corrected chi connectivity index (χ3v) is 2.83. The van der Waals surface area contributed by atoms with Crippen molar-refractivity contribution in [3.63, 3.8) is 0 Å². The third kappa shape index (κ3) is 2.41. The van der Waals surface area contributed by atoms with Crippen LogP contribution in [-0.4, -0.2) is 25.5 Å². The molecule has 3 rings (SSSR count). The van der Waals surface area contributed by atoms with Crippen molar-refractivity contribution >= 4 is 22.9 Å². The second-order valence-corrected chi connectivity index (χ2v) is 4.28. The first-order chi connectivity index (χ1) is 9.72. The van der Waals surface area contributed by atoms with Crippen molar-refractivity contribution in [3.8, 4) is 0 Å². The minimum Gasteiger partial charge on any atom is -0.399 e. The topological polar surface area (TPSA) is 93.5 Å². The van der Waals surface area contributed by atoms with E-state index >= 15 is 0 Å². The van der Waals surface area contributed by atoms with Gasteiger partial charge in [-0.3, -0.25) is 5.43 Å². The Labute approximate surface area is 115 Å². The SMILES string of the molecule is C/C(=N\Nc1ccc2nncn2n1)c1ccc(N)cc1. The van der Waals surface area contributed by atoms with Crippen molar-refractivity contribution in [3.05, 3.63) is 48.3 Å². The molecule has 2 heterocycles. The van der Waals surface area contributed by atoms with E-state index in [1.54, 1.807) is 10.6 Å². The van der Waals surface area contributed by atoms with Crippen LogP contribution in [0, 0.1) is 0 Å². The lowest BCUT2D eigenvalue weighted by atomic mass is 10.1. The number of rotatable bonds is 3. The summed E-state index contributed by atoms with van der Waals surface area (Å²) in [5.41, 5.74) is 11.8. The summed E-state index contributed by atoms with van der Waals surface area (Å²) in [5.74, 6) is 0.618. The van der Waals surface area contributed by atoms with E-state index < -0.39 is 0 Å². The molecule has 20 heavy (non-hydrogen) atoms. The number of fused-ring (bicyclic) bond motifs is 1. The highest BCUT2D eigenvalue weighted by molar-refractivity contribution is 5.99. The van der Waals surface area contributed by atoms with E-state index in [0.29, 0.717) is 11.5 Å². The lowest BCUT2D eigenvalue weighted by Crippen LogP contribution is -2.02. The molecule has 2 aromatic heterocycles. The van der Waals surface area contributed by atoms with E-state index in [1.807, 2.05) is 37.3 Å². The van der Waals surface area contributed by atoms with Gasteiger partial charge >= 0.3 is 0 Å². The standard InChI is InChI=1S/C13H13N7/c1-9(10-2-4-11(14)5-3-10)16-17-12-6-7-13-18-15-8-20(13)19-12/h2-8H,14H2,1H3,(H,17,19)/b16-9+. The van der Waals surface area contributed by atoms with Crippen LogP contribution in [0.1, 0.15) is 12.5 Å². The molecule has 0 aliphatic rings. The van der Waals surface area contributed by atoms with Gasteiger partial charge in [0.2, 0.25) is 0 Å². The number of nitrogens with zero attached hydrogens (tertiary/aromatic N) is 5. The third-order valence-electron chi connectivity index (χ3n) is 2.83. The molecular formula is C13H13N7. The minimum atomic E-state index is 0.618. The number of nitrogen functional groups attached to an aromatic ring is 1. The predicted molar refractivity (Wildman–Crippen MR) is 77.5 cm³/mol. The van der Waals surface area contributed by atoms with Crippen LogP contribution in [0.15, 0.2) is 47.8 Å². The Morgan fingerprint density at radius 3 is 2.80 bits per heavy atom. The van der Waals surface area contributed by atoms with Crippen molar-refractivity contribution in [2.45, 2.75) is 6.92 Å². The Morgan fingerprint density at radius 2 is 2.00 bits per heavy atom. The second-order valence-electron chi connectivity index (χ2n) is 4.28. The highest BCUT2D eigenvalue weighted by atomic mass is 15.4. The minimum absolute atomic E-state index is 0.618. The van der Waals surface area contributed by atoms with Crippen molar-refractivity contribution < 1.29 is 0 Å². The molecule has 3 aromatic rings. The molecular weight excluding hydrogens is 254 g/mol. The van der Waals surface area contributed by atoms with Gasteiger partial charge < -0.3 is 5.73 Å². The number of nitrogens with two attached hydrogens (primary N) is 1.